The van der Waals surface area contributed by atoms with Crippen molar-refractivity contribution in [3.05, 3.63) is 70.0 Å². The summed E-state index contributed by atoms with van der Waals surface area (Å²) in [6, 6.07) is 10.9. The van der Waals surface area contributed by atoms with Gasteiger partial charge in [-0.25, -0.2) is 9.18 Å². The van der Waals surface area contributed by atoms with Crippen LogP contribution in [0.4, 0.5) is 4.39 Å². The van der Waals surface area contributed by atoms with Crippen molar-refractivity contribution in [2.75, 3.05) is 13.7 Å². The summed E-state index contributed by atoms with van der Waals surface area (Å²) in [5.74, 6) is -1.55. The van der Waals surface area contributed by atoms with E-state index in [0.29, 0.717) is 0 Å². The quantitative estimate of drug-likeness (QED) is 0.423. The highest BCUT2D eigenvalue weighted by atomic mass is 79.9. The van der Waals surface area contributed by atoms with E-state index in [2.05, 4.69) is 15.9 Å². The number of rotatable bonds is 6. The lowest BCUT2D eigenvalue weighted by molar-refractivity contribution is -0.136. The molecule has 0 radical (unpaired) electrons. The lowest BCUT2D eigenvalue weighted by Gasteiger charge is -2.07. The topological polar surface area (TPSA) is 52.6 Å². The van der Waals surface area contributed by atoms with Crippen LogP contribution < -0.4 is 4.74 Å². The van der Waals surface area contributed by atoms with E-state index in [9.17, 15) is 14.0 Å². The van der Waals surface area contributed by atoms with Gasteiger partial charge in [-0.3, -0.25) is 4.79 Å². The second-order valence-electron chi connectivity index (χ2n) is 4.76. The molecule has 24 heavy (non-hydrogen) atoms. The van der Waals surface area contributed by atoms with Crippen LogP contribution in [0, 0.1) is 5.82 Å². The second-order valence-corrected chi connectivity index (χ2v) is 5.68. The molecule has 4 nitrogen and oxygen atoms in total. The molecule has 0 saturated carbocycles. The van der Waals surface area contributed by atoms with Gasteiger partial charge in [0, 0.05) is 10.5 Å². The van der Waals surface area contributed by atoms with Gasteiger partial charge in [0.05, 0.1) is 12.7 Å². The number of halogens is 2. The molecule has 6 heteroatoms. The molecule has 0 aliphatic rings. The van der Waals surface area contributed by atoms with Crippen molar-refractivity contribution in [2.45, 2.75) is 0 Å². The van der Waals surface area contributed by atoms with Gasteiger partial charge in [-0.15, -0.1) is 0 Å². The van der Waals surface area contributed by atoms with Gasteiger partial charge in [0.15, 0.2) is 6.61 Å². The molecule has 2 rings (SSSR count). The summed E-state index contributed by atoms with van der Waals surface area (Å²) >= 11 is 3.32. The lowest BCUT2D eigenvalue weighted by atomic mass is 10.1. The molecule has 0 aromatic heterocycles. The Labute approximate surface area is 147 Å². The summed E-state index contributed by atoms with van der Waals surface area (Å²) in [4.78, 5) is 23.7. The van der Waals surface area contributed by atoms with Crippen LogP contribution in [0.15, 0.2) is 53.0 Å². The van der Waals surface area contributed by atoms with Crippen molar-refractivity contribution >= 4 is 33.8 Å². The van der Waals surface area contributed by atoms with Gasteiger partial charge < -0.3 is 9.47 Å². The standard InChI is InChI=1S/C18H14BrFO4/c1-23-17-8-7-14(20)10-15(17)16(21)11-24-18(22)9-4-12-2-5-13(19)6-3-12/h2-10H,11H2,1H3/b9-4+. The highest BCUT2D eigenvalue weighted by molar-refractivity contribution is 9.10. The second kappa shape index (κ2) is 8.40. The molecule has 0 spiro atoms. The van der Waals surface area contributed by atoms with Crippen molar-refractivity contribution in [1.82, 2.24) is 0 Å². The first-order chi connectivity index (χ1) is 11.5. The van der Waals surface area contributed by atoms with Crippen LogP contribution in [0.5, 0.6) is 5.75 Å². The molecular weight excluding hydrogens is 379 g/mol. The van der Waals surface area contributed by atoms with E-state index in [4.69, 9.17) is 9.47 Å². The Kier molecular flexibility index (Phi) is 6.26. The number of methoxy groups -OCH3 is 1. The number of Topliss-reactive ketones (excluding diaryl/α,β-unsaturated/α-hetero) is 1. The van der Waals surface area contributed by atoms with Crippen LogP contribution in [-0.2, 0) is 9.53 Å². The van der Waals surface area contributed by atoms with E-state index in [1.165, 1.54) is 25.3 Å². The molecule has 0 aliphatic carbocycles. The van der Waals surface area contributed by atoms with Crippen molar-refractivity contribution < 1.29 is 23.5 Å². The number of hydrogen-bond acceptors (Lipinski definition) is 4. The summed E-state index contributed by atoms with van der Waals surface area (Å²) in [6.45, 7) is -0.497. The minimum absolute atomic E-state index is 0.0298. The van der Waals surface area contributed by atoms with Crippen LogP contribution in [-0.4, -0.2) is 25.5 Å². The molecule has 2 aromatic rings. The fraction of sp³-hybridized carbons (Fsp3) is 0.111. The minimum Gasteiger partial charge on any atom is -0.496 e. The Bertz CT molecular complexity index is 769. The number of hydrogen-bond donors (Lipinski definition) is 0. The van der Waals surface area contributed by atoms with E-state index < -0.39 is 24.2 Å². The molecule has 0 atom stereocenters. The van der Waals surface area contributed by atoms with E-state index in [-0.39, 0.29) is 11.3 Å². The number of ether oxygens (including phenoxy) is 2. The largest absolute Gasteiger partial charge is 0.496 e. The number of carbonyl (C=O) groups is 2. The van der Waals surface area contributed by atoms with E-state index in [1.54, 1.807) is 6.08 Å². The molecule has 0 fully saturated rings. The first-order valence-corrected chi connectivity index (χ1v) is 7.76. The zero-order valence-corrected chi connectivity index (χ0v) is 14.4. The molecular formula is C18H14BrFO4. The predicted octanol–water partition coefficient (Wildman–Crippen LogP) is 4.04. The average Bonchev–Trinajstić information content (AvgIpc) is 2.59. The van der Waals surface area contributed by atoms with E-state index in [0.717, 1.165) is 16.1 Å². The summed E-state index contributed by atoms with van der Waals surface area (Å²) in [7, 11) is 1.37. The molecule has 0 amide bonds. The molecule has 0 unspecified atom stereocenters. The van der Waals surface area contributed by atoms with Crippen LogP contribution in [0.2, 0.25) is 0 Å². The van der Waals surface area contributed by atoms with E-state index >= 15 is 0 Å². The minimum atomic E-state index is -0.665. The van der Waals surface area contributed by atoms with Gasteiger partial charge in [-0.1, -0.05) is 28.1 Å². The third-order valence-corrected chi connectivity index (χ3v) is 3.62. The fourth-order valence-corrected chi connectivity index (χ4v) is 2.16. The van der Waals surface area contributed by atoms with Crippen molar-refractivity contribution in [1.29, 1.82) is 0 Å². The van der Waals surface area contributed by atoms with Gasteiger partial charge in [0.1, 0.15) is 11.6 Å². The maximum Gasteiger partial charge on any atom is 0.331 e. The predicted molar refractivity (Wildman–Crippen MR) is 91.4 cm³/mol. The van der Waals surface area contributed by atoms with Gasteiger partial charge in [0.2, 0.25) is 5.78 Å². The van der Waals surface area contributed by atoms with E-state index in [1.807, 2.05) is 24.3 Å². The SMILES string of the molecule is COc1ccc(F)cc1C(=O)COC(=O)/C=C/c1ccc(Br)cc1. The van der Waals surface area contributed by atoms with Crippen molar-refractivity contribution in [3.63, 3.8) is 0 Å². The van der Waals surface area contributed by atoms with Gasteiger partial charge >= 0.3 is 5.97 Å². The maximum atomic E-state index is 13.2. The highest BCUT2D eigenvalue weighted by Crippen LogP contribution is 2.20. The summed E-state index contributed by atoms with van der Waals surface area (Å²) in [5, 5.41) is 0. The first-order valence-electron chi connectivity index (χ1n) is 6.97. The maximum absolute atomic E-state index is 13.2. The summed E-state index contributed by atoms with van der Waals surface area (Å²) < 4.78 is 24.1. The van der Waals surface area contributed by atoms with Gasteiger partial charge in [-0.2, -0.15) is 0 Å². The van der Waals surface area contributed by atoms with Gasteiger partial charge in [0.25, 0.3) is 0 Å². The zero-order valence-electron chi connectivity index (χ0n) is 12.8. The highest BCUT2D eigenvalue weighted by Gasteiger charge is 2.15. The Morgan fingerprint density at radius 3 is 2.54 bits per heavy atom. The van der Waals surface area contributed by atoms with Crippen LogP contribution in [0.1, 0.15) is 15.9 Å². The van der Waals surface area contributed by atoms with Crippen LogP contribution >= 0.6 is 15.9 Å². The van der Waals surface area contributed by atoms with Gasteiger partial charge in [-0.05, 0) is 42.0 Å². The van der Waals surface area contributed by atoms with Crippen LogP contribution in [0.25, 0.3) is 6.08 Å². The average molecular weight is 393 g/mol. The fourth-order valence-electron chi connectivity index (χ4n) is 1.90. The Morgan fingerprint density at radius 2 is 1.88 bits per heavy atom. The van der Waals surface area contributed by atoms with Crippen LogP contribution in [0.3, 0.4) is 0 Å². The first kappa shape index (κ1) is 17.9. The number of benzene rings is 2. The molecule has 0 N–H and O–H groups in total. The summed E-state index contributed by atoms with van der Waals surface area (Å²) in [6.07, 6.45) is 2.79. The lowest BCUT2D eigenvalue weighted by Crippen LogP contribution is -2.13. The Balaban J connectivity index is 1.95. The number of esters is 1. The molecule has 0 bridgehead atoms. The third kappa shape index (κ3) is 5.03. The summed E-state index contributed by atoms with van der Waals surface area (Å²) in [5.41, 5.74) is 0.843. The number of carbonyl (C=O) groups excluding carboxylic acids is 2. The zero-order chi connectivity index (χ0) is 17.5. The molecule has 0 saturated heterocycles. The smallest absolute Gasteiger partial charge is 0.331 e. The molecule has 124 valence electrons. The number of ketones is 1. The monoisotopic (exact) mass is 392 g/mol. The molecule has 0 aliphatic heterocycles. The van der Waals surface area contributed by atoms with Crippen molar-refractivity contribution in [3.8, 4) is 5.75 Å². The Morgan fingerprint density at radius 1 is 1.17 bits per heavy atom. The normalized spacial score (nSPS) is 10.6. The molecule has 2 aromatic carbocycles. The van der Waals surface area contributed by atoms with Crippen molar-refractivity contribution in [2.24, 2.45) is 0 Å². The third-order valence-electron chi connectivity index (χ3n) is 3.09. The molecule has 0 heterocycles. The Hall–Kier alpha value is -2.47.